The number of nitro groups is 1. The van der Waals surface area contributed by atoms with Gasteiger partial charge in [-0.05, 0) is 25.0 Å². The van der Waals surface area contributed by atoms with Crippen LogP contribution in [0.1, 0.15) is 18.4 Å². The summed E-state index contributed by atoms with van der Waals surface area (Å²) in [4.78, 5) is 23.9. The number of piperidine rings is 1. The van der Waals surface area contributed by atoms with Crippen LogP contribution in [0.5, 0.6) is 0 Å². The van der Waals surface area contributed by atoms with Gasteiger partial charge in [0, 0.05) is 25.2 Å². The molecule has 6 nitrogen and oxygen atoms in total. The van der Waals surface area contributed by atoms with Gasteiger partial charge in [0.05, 0.1) is 16.6 Å². The lowest BCUT2D eigenvalue weighted by atomic mass is 10.1. The molecule has 0 aliphatic carbocycles. The van der Waals surface area contributed by atoms with Crippen LogP contribution in [0.4, 0.5) is 5.69 Å². The molecule has 6 heteroatoms. The predicted octanol–water partition coefficient (Wildman–Crippen LogP) is 1.59. The summed E-state index contributed by atoms with van der Waals surface area (Å²) < 4.78 is 0. The van der Waals surface area contributed by atoms with E-state index in [4.69, 9.17) is 0 Å². The van der Waals surface area contributed by atoms with Gasteiger partial charge in [0.15, 0.2) is 0 Å². The number of nitro benzene ring substituents is 1. The van der Waals surface area contributed by atoms with Crippen molar-refractivity contribution in [2.75, 3.05) is 13.1 Å². The number of carbonyl (C=O) groups is 1. The Hall–Kier alpha value is -2.21. The van der Waals surface area contributed by atoms with Crippen LogP contribution in [-0.2, 0) is 4.79 Å². The molecule has 0 radical (unpaired) electrons. The van der Waals surface area contributed by atoms with Crippen molar-refractivity contribution in [1.82, 2.24) is 4.90 Å². The van der Waals surface area contributed by atoms with E-state index in [1.807, 2.05) is 0 Å². The molecule has 0 aromatic heterocycles. The average Bonchev–Trinajstić information content (AvgIpc) is 2.45. The summed E-state index contributed by atoms with van der Waals surface area (Å²) in [6.45, 7) is 0.928. The number of β-amino-alcohol motifs (C(OH)–C–C–N with tert-alkyl or cyclic N) is 1. The van der Waals surface area contributed by atoms with Crippen LogP contribution in [0.2, 0.25) is 0 Å². The van der Waals surface area contributed by atoms with Crippen LogP contribution in [0.25, 0.3) is 6.08 Å². The molecule has 0 bridgehead atoms. The quantitative estimate of drug-likeness (QED) is 0.516. The number of amides is 1. The molecule has 0 spiro atoms. The summed E-state index contributed by atoms with van der Waals surface area (Å²) in [5, 5.41) is 20.4. The molecular weight excluding hydrogens is 260 g/mol. The smallest absolute Gasteiger partial charge is 0.276 e. The maximum Gasteiger partial charge on any atom is 0.276 e. The minimum Gasteiger partial charge on any atom is -0.391 e. The highest BCUT2D eigenvalue weighted by Gasteiger charge is 2.20. The van der Waals surface area contributed by atoms with Gasteiger partial charge >= 0.3 is 0 Å². The maximum atomic E-state index is 12.0. The standard InChI is InChI=1S/C14H16N2O4/c17-12-5-3-9-15(10-12)14(18)8-7-11-4-1-2-6-13(11)16(19)20/h1-2,4,6-8,12,17H,3,5,9-10H2/b8-7-/t12-/m1/s1. The second kappa shape index (κ2) is 6.29. The van der Waals surface area contributed by atoms with Gasteiger partial charge in [0.25, 0.3) is 5.69 Å². The van der Waals surface area contributed by atoms with Gasteiger partial charge in [-0.2, -0.15) is 0 Å². The third kappa shape index (κ3) is 3.42. The molecule has 1 N–H and O–H groups in total. The SMILES string of the molecule is O=C(/C=C\c1ccccc1[N+](=O)[O-])N1CCC[C@@H](O)C1. The fraction of sp³-hybridized carbons (Fsp3) is 0.357. The zero-order valence-corrected chi connectivity index (χ0v) is 10.9. The second-order valence-electron chi connectivity index (χ2n) is 4.73. The molecule has 1 aromatic carbocycles. The number of benzene rings is 1. The van der Waals surface area contributed by atoms with Crippen molar-refractivity contribution in [3.05, 3.63) is 46.0 Å². The lowest BCUT2D eigenvalue weighted by molar-refractivity contribution is -0.385. The molecular formula is C14H16N2O4. The van der Waals surface area contributed by atoms with Gasteiger partial charge < -0.3 is 10.0 Å². The number of nitrogens with zero attached hydrogens (tertiary/aromatic N) is 2. The predicted molar refractivity (Wildman–Crippen MR) is 74.0 cm³/mol. The number of hydrogen-bond acceptors (Lipinski definition) is 4. The Morgan fingerprint density at radius 3 is 2.90 bits per heavy atom. The van der Waals surface area contributed by atoms with E-state index in [9.17, 15) is 20.0 Å². The van der Waals surface area contributed by atoms with Gasteiger partial charge in [0.2, 0.25) is 5.91 Å². The number of aliphatic hydroxyl groups excluding tert-OH is 1. The summed E-state index contributed by atoms with van der Waals surface area (Å²) >= 11 is 0. The number of hydrogen-bond donors (Lipinski definition) is 1. The highest BCUT2D eigenvalue weighted by Crippen LogP contribution is 2.19. The third-order valence-electron chi connectivity index (χ3n) is 3.25. The first kappa shape index (κ1) is 14.2. The van der Waals surface area contributed by atoms with Gasteiger partial charge in [0.1, 0.15) is 0 Å². The maximum absolute atomic E-state index is 12.0. The Labute approximate surface area is 116 Å². The van der Waals surface area contributed by atoms with Crippen molar-refractivity contribution in [3.8, 4) is 0 Å². The van der Waals surface area contributed by atoms with Crippen molar-refractivity contribution >= 4 is 17.7 Å². The molecule has 20 heavy (non-hydrogen) atoms. The van der Waals surface area contributed by atoms with E-state index in [1.165, 1.54) is 18.2 Å². The van der Waals surface area contributed by atoms with Crippen LogP contribution in [0.3, 0.4) is 0 Å². The van der Waals surface area contributed by atoms with Crippen molar-refractivity contribution in [1.29, 1.82) is 0 Å². The van der Waals surface area contributed by atoms with E-state index in [0.717, 1.165) is 6.42 Å². The Morgan fingerprint density at radius 2 is 2.20 bits per heavy atom. The van der Waals surface area contributed by atoms with E-state index in [0.29, 0.717) is 25.1 Å². The number of para-hydroxylation sites is 1. The minimum atomic E-state index is -0.479. The summed E-state index contributed by atoms with van der Waals surface area (Å²) in [7, 11) is 0. The molecule has 106 valence electrons. The summed E-state index contributed by atoms with van der Waals surface area (Å²) in [5.41, 5.74) is 0.360. The number of likely N-dealkylation sites (tertiary alicyclic amines) is 1. The normalized spacial score (nSPS) is 19.2. The fourth-order valence-electron chi connectivity index (χ4n) is 2.22. The molecule has 1 heterocycles. The van der Waals surface area contributed by atoms with Gasteiger partial charge in [-0.3, -0.25) is 14.9 Å². The zero-order valence-electron chi connectivity index (χ0n) is 10.9. The average molecular weight is 276 g/mol. The Balaban J connectivity index is 2.09. The Bertz CT molecular complexity index is 542. The first-order valence-corrected chi connectivity index (χ1v) is 6.46. The van der Waals surface area contributed by atoms with E-state index in [2.05, 4.69) is 0 Å². The van der Waals surface area contributed by atoms with Gasteiger partial charge in [-0.1, -0.05) is 12.1 Å². The van der Waals surface area contributed by atoms with Crippen molar-refractivity contribution in [2.45, 2.75) is 18.9 Å². The lowest BCUT2D eigenvalue weighted by Crippen LogP contribution is -2.41. The van der Waals surface area contributed by atoms with Crippen LogP contribution in [0.15, 0.2) is 30.3 Å². The Kier molecular flexibility index (Phi) is 4.47. The molecule has 1 atom stereocenters. The van der Waals surface area contributed by atoms with Gasteiger partial charge in [-0.25, -0.2) is 0 Å². The molecule has 2 rings (SSSR count). The van der Waals surface area contributed by atoms with Gasteiger partial charge in [-0.15, -0.1) is 0 Å². The van der Waals surface area contributed by atoms with E-state index >= 15 is 0 Å². The highest BCUT2D eigenvalue weighted by molar-refractivity contribution is 5.92. The second-order valence-corrected chi connectivity index (χ2v) is 4.73. The summed E-state index contributed by atoms with van der Waals surface area (Å²) in [6.07, 6.45) is 3.76. The molecule has 1 aliphatic rings. The number of aliphatic hydroxyl groups is 1. The van der Waals surface area contributed by atoms with Crippen LogP contribution in [0, 0.1) is 10.1 Å². The molecule has 0 unspecified atom stereocenters. The highest BCUT2D eigenvalue weighted by atomic mass is 16.6. The van der Waals surface area contributed by atoms with Crippen LogP contribution in [-0.4, -0.2) is 40.0 Å². The largest absolute Gasteiger partial charge is 0.391 e. The fourth-order valence-corrected chi connectivity index (χ4v) is 2.22. The van der Waals surface area contributed by atoms with Crippen molar-refractivity contribution < 1.29 is 14.8 Å². The monoisotopic (exact) mass is 276 g/mol. The van der Waals surface area contributed by atoms with Crippen LogP contribution >= 0.6 is 0 Å². The third-order valence-corrected chi connectivity index (χ3v) is 3.25. The summed E-state index contributed by atoms with van der Waals surface area (Å²) in [5.74, 6) is -0.234. The number of rotatable bonds is 3. The molecule has 1 amide bonds. The topological polar surface area (TPSA) is 83.7 Å². The van der Waals surface area contributed by atoms with E-state index in [1.54, 1.807) is 23.1 Å². The molecule has 1 aromatic rings. The lowest BCUT2D eigenvalue weighted by Gasteiger charge is -2.29. The van der Waals surface area contributed by atoms with Crippen molar-refractivity contribution in [3.63, 3.8) is 0 Å². The first-order valence-electron chi connectivity index (χ1n) is 6.46. The summed E-state index contributed by atoms with van der Waals surface area (Å²) in [6, 6.07) is 6.25. The van der Waals surface area contributed by atoms with E-state index < -0.39 is 11.0 Å². The minimum absolute atomic E-state index is 0.0322. The molecule has 0 saturated carbocycles. The molecule has 1 aliphatic heterocycles. The van der Waals surface area contributed by atoms with Crippen LogP contribution < -0.4 is 0 Å². The first-order chi connectivity index (χ1) is 9.58. The van der Waals surface area contributed by atoms with Crippen molar-refractivity contribution in [2.24, 2.45) is 0 Å². The molecule has 1 fully saturated rings. The van der Waals surface area contributed by atoms with E-state index in [-0.39, 0.29) is 11.6 Å². The number of carbonyl (C=O) groups excluding carboxylic acids is 1. The Morgan fingerprint density at radius 1 is 1.45 bits per heavy atom. The zero-order chi connectivity index (χ0) is 14.5. The molecule has 1 saturated heterocycles.